The third-order valence-electron chi connectivity index (χ3n) is 1.51. The summed E-state index contributed by atoms with van der Waals surface area (Å²) in [6, 6.07) is 1.91. The maximum atomic E-state index is 5.14. The van der Waals surface area contributed by atoms with Crippen LogP contribution in [-0.2, 0) is 0 Å². The second-order valence-electron chi connectivity index (χ2n) is 2.18. The summed E-state index contributed by atoms with van der Waals surface area (Å²) in [6.45, 7) is 0. The van der Waals surface area contributed by atoms with Crippen molar-refractivity contribution >= 4 is 11.3 Å². The Labute approximate surface area is 73.6 Å². The molecule has 2 heterocycles. The quantitative estimate of drug-likeness (QED) is 0.713. The number of hydrogen-bond acceptors (Lipinski definition) is 4. The average molecular weight is 181 g/mol. The molecule has 0 aliphatic heterocycles. The molecule has 12 heavy (non-hydrogen) atoms. The molecule has 0 aromatic carbocycles. The normalized spacial score (nSPS) is 10.1. The van der Waals surface area contributed by atoms with Crippen LogP contribution in [0, 0.1) is 0 Å². The lowest BCUT2D eigenvalue weighted by molar-refractivity contribution is 0.416. The highest BCUT2D eigenvalue weighted by Gasteiger charge is 2.09. The molecule has 0 unspecified atom stereocenters. The molecule has 3 nitrogen and oxygen atoms in total. The van der Waals surface area contributed by atoms with E-state index in [0.29, 0.717) is 0 Å². The molecular formula is C8H7NO2S. The predicted octanol–water partition coefficient (Wildman–Crippen LogP) is 2.41. The van der Waals surface area contributed by atoms with E-state index < -0.39 is 0 Å². The zero-order chi connectivity index (χ0) is 8.39. The summed E-state index contributed by atoms with van der Waals surface area (Å²) in [7, 11) is 1.64. The molecule has 0 atom stereocenters. The highest BCUT2D eigenvalue weighted by atomic mass is 32.1. The van der Waals surface area contributed by atoms with E-state index in [1.807, 2.05) is 11.4 Å². The molecule has 2 aromatic heterocycles. The van der Waals surface area contributed by atoms with E-state index >= 15 is 0 Å². The minimum Gasteiger partial charge on any atom is -0.495 e. The van der Waals surface area contributed by atoms with Crippen LogP contribution in [0.4, 0.5) is 0 Å². The minimum atomic E-state index is 0.752. The number of rotatable bonds is 2. The van der Waals surface area contributed by atoms with E-state index in [9.17, 15) is 0 Å². The smallest absolute Gasteiger partial charge is 0.181 e. The topological polar surface area (TPSA) is 35.3 Å². The SMILES string of the molecule is COc1ccsc1-c1cnco1. The number of nitrogens with zero attached hydrogens (tertiary/aromatic N) is 1. The van der Waals surface area contributed by atoms with Gasteiger partial charge < -0.3 is 9.15 Å². The molecule has 2 rings (SSSR count). The summed E-state index contributed by atoms with van der Waals surface area (Å²) in [4.78, 5) is 4.82. The van der Waals surface area contributed by atoms with Gasteiger partial charge in [-0.15, -0.1) is 11.3 Å². The van der Waals surface area contributed by atoms with Crippen LogP contribution in [-0.4, -0.2) is 12.1 Å². The van der Waals surface area contributed by atoms with E-state index in [-0.39, 0.29) is 0 Å². The Morgan fingerprint density at radius 3 is 3.17 bits per heavy atom. The number of oxazole rings is 1. The standard InChI is InChI=1S/C8H7NO2S/c1-10-6-2-3-12-8(6)7-4-9-5-11-7/h2-5H,1H3. The summed E-state index contributed by atoms with van der Waals surface area (Å²) in [5.74, 6) is 1.58. The van der Waals surface area contributed by atoms with Crippen LogP contribution in [0.15, 0.2) is 28.5 Å². The van der Waals surface area contributed by atoms with Crippen molar-refractivity contribution in [3.63, 3.8) is 0 Å². The largest absolute Gasteiger partial charge is 0.495 e. The van der Waals surface area contributed by atoms with Crippen LogP contribution in [0.1, 0.15) is 0 Å². The van der Waals surface area contributed by atoms with Gasteiger partial charge in [0.2, 0.25) is 0 Å². The number of aromatic nitrogens is 1. The minimum absolute atomic E-state index is 0.752. The number of ether oxygens (including phenoxy) is 1. The first-order valence-electron chi connectivity index (χ1n) is 3.42. The van der Waals surface area contributed by atoms with Crippen molar-refractivity contribution in [3.05, 3.63) is 24.0 Å². The molecule has 0 amide bonds. The van der Waals surface area contributed by atoms with Gasteiger partial charge in [-0.1, -0.05) is 0 Å². The summed E-state index contributed by atoms with van der Waals surface area (Å²) in [5, 5.41) is 1.96. The van der Waals surface area contributed by atoms with Crippen LogP contribution in [0.2, 0.25) is 0 Å². The summed E-state index contributed by atoms with van der Waals surface area (Å²) >= 11 is 1.57. The molecule has 0 aliphatic rings. The van der Waals surface area contributed by atoms with Gasteiger partial charge in [-0.25, -0.2) is 4.98 Å². The highest BCUT2D eigenvalue weighted by Crippen LogP contribution is 2.34. The Kier molecular flexibility index (Phi) is 1.83. The molecule has 4 heteroatoms. The lowest BCUT2D eigenvalue weighted by atomic mass is 10.4. The van der Waals surface area contributed by atoms with Crippen LogP contribution in [0.25, 0.3) is 10.6 Å². The Bertz CT molecular complexity index is 353. The first kappa shape index (κ1) is 7.36. The van der Waals surface area contributed by atoms with Gasteiger partial charge in [0, 0.05) is 0 Å². The average Bonchev–Trinajstić information content (AvgIpc) is 2.74. The molecular weight excluding hydrogens is 174 g/mol. The zero-order valence-corrected chi connectivity index (χ0v) is 7.30. The lowest BCUT2D eigenvalue weighted by Crippen LogP contribution is -1.80. The third kappa shape index (κ3) is 1.10. The monoisotopic (exact) mass is 181 g/mol. The van der Waals surface area contributed by atoms with Gasteiger partial charge in [-0.05, 0) is 11.4 Å². The van der Waals surface area contributed by atoms with Gasteiger partial charge in [0.1, 0.15) is 10.6 Å². The van der Waals surface area contributed by atoms with Crippen molar-refractivity contribution in [2.24, 2.45) is 0 Å². The molecule has 62 valence electrons. The van der Waals surface area contributed by atoms with Crippen molar-refractivity contribution in [3.8, 4) is 16.4 Å². The van der Waals surface area contributed by atoms with E-state index in [0.717, 1.165) is 16.4 Å². The van der Waals surface area contributed by atoms with E-state index in [4.69, 9.17) is 9.15 Å². The van der Waals surface area contributed by atoms with Crippen molar-refractivity contribution in [1.29, 1.82) is 0 Å². The van der Waals surface area contributed by atoms with E-state index in [1.54, 1.807) is 24.6 Å². The first-order chi connectivity index (χ1) is 5.92. The number of thiophene rings is 1. The molecule has 0 N–H and O–H groups in total. The van der Waals surface area contributed by atoms with Crippen LogP contribution < -0.4 is 4.74 Å². The second kappa shape index (κ2) is 2.98. The summed E-state index contributed by atoms with van der Waals surface area (Å²) < 4.78 is 10.3. The molecule has 0 radical (unpaired) electrons. The third-order valence-corrected chi connectivity index (χ3v) is 2.42. The highest BCUT2D eigenvalue weighted by molar-refractivity contribution is 7.13. The lowest BCUT2D eigenvalue weighted by Gasteiger charge is -1.96. The van der Waals surface area contributed by atoms with Crippen molar-refractivity contribution in [1.82, 2.24) is 4.98 Å². The van der Waals surface area contributed by atoms with E-state index in [2.05, 4.69) is 4.98 Å². The number of hydrogen-bond donors (Lipinski definition) is 0. The Balaban J connectivity index is 2.46. The zero-order valence-electron chi connectivity index (χ0n) is 6.48. The molecule has 0 saturated carbocycles. The molecule has 0 bridgehead atoms. The van der Waals surface area contributed by atoms with Gasteiger partial charge in [-0.2, -0.15) is 0 Å². The van der Waals surface area contributed by atoms with Crippen LogP contribution in [0.5, 0.6) is 5.75 Å². The van der Waals surface area contributed by atoms with Gasteiger partial charge in [0.05, 0.1) is 13.3 Å². The molecule has 2 aromatic rings. The molecule has 0 aliphatic carbocycles. The molecule has 0 saturated heterocycles. The van der Waals surface area contributed by atoms with Crippen molar-refractivity contribution in [2.45, 2.75) is 0 Å². The Morgan fingerprint density at radius 2 is 2.50 bits per heavy atom. The Hall–Kier alpha value is -1.29. The van der Waals surface area contributed by atoms with E-state index in [1.165, 1.54) is 6.39 Å². The fourth-order valence-electron chi connectivity index (χ4n) is 0.966. The first-order valence-corrected chi connectivity index (χ1v) is 4.30. The fraction of sp³-hybridized carbons (Fsp3) is 0.125. The number of methoxy groups -OCH3 is 1. The van der Waals surface area contributed by atoms with Crippen molar-refractivity contribution in [2.75, 3.05) is 7.11 Å². The summed E-state index contributed by atoms with van der Waals surface area (Å²) in [6.07, 6.45) is 3.09. The molecule has 0 spiro atoms. The van der Waals surface area contributed by atoms with Gasteiger partial charge >= 0.3 is 0 Å². The van der Waals surface area contributed by atoms with Gasteiger partial charge in [-0.3, -0.25) is 0 Å². The Morgan fingerprint density at radius 1 is 1.58 bits per heavy atom. The van der Waals surface area contributed by atoms with Gasteiger partial charge in [0.15, 0.2) is 12.2 Å². The molecule has 0 fully saturated rings. The maximum absolute atomic E-state index is 5.14. The fourth-order valence-corrected chi connectivity index (χ4v) is 1.78. The van der Waals surface area contributed by atoms with Crippen molar-refractivity contribution < 1.29 is 9.15 Å². The summed E-state index contributed by atoms with van der Waals surface area (Å²) in [5.41, 5.74) is 0. The van der Waals surface area contributed by atoms with Crippen LogP contribution >= 0.6 is 11.3 Å². The second-order valence-corrected chi connectivity index (χ2v) is 3.10. The maximum Gasteiger partial charge on any atom is 0.181 e. The van der Waals surface area contributed by atoms with Crippen LogP contribution in [0.3, 0.4) is 0 Å². The predicted molar refractivity (Wildman–Crippen MR) is 46.4 cm³/mol. The van der Waals surface area contributed by atoms with Gasteiger partial charge in [0.25, 0.3) is 0 Å².